The first-order chi connectivity index (χ1) is 13.7. The molecule has 0 bridgehead atoms. The summed E-state index contributed by atoms with van der Waals surface area (Å²) in [5, 5.41) is 6.22. The lowest BCUT2D eigenvalue weighted by molar-refractivity contribution is -0.118. The maximum Gasteiger partial charge on any atom is 0.246 e. The van der Waals surface area contributed by atoms with E-state index in [-0.39, 0.29) is 11.7 Å². The fourth-order valence-corrected chi connectivity index (χ4v) is 2.95. The molecule has 0 aliphatic heterocycles. The quantitative estimate of drug-likeness (QED) is 0.613. The number of anilines is 1. The molecule has 1 atom stereocenters. The molecule has 0 fully saturated rings. The topological polar surface area (TPSA) is 50.4 Å². The number of carbonyl (C=O) groups is 1. The maximum absolute atomic E-state index is 13.3. The molecule has 0 saturated carbocycles. The van der Waals surface area contributed by atoms with Gasteiger partial charge in [0.15, 0.2) is 0 Å². The molecule has 0 radical (unpaired) electrons. The van der Waals surface area contributed by atoms with E-state index in [1.165, 1.54) is 12.1 Å². The average Bonchev–Trinajstić information content (AvgIpc) is 2.72. The van der Waals surface area contributed by atoms with Crippen molar-refractivity contribution in [3.05, 3.63) is 95.8 Å². The lowest BCUT2D eigenvalue weighted by Gasteiger charge is -2.19. The zero-order chi connectivity index (χ0) is 19.8. The molecule has 0 aliphatic carbocycles. The molecule has 0 heterocycles. The zero-order valence-corrected chi connectivity index (χ0v) is 15.7. The zero-order valence-electron chi connectivity index (χ0n) is 15.7. The van der Waals surface area contributed by atoms with Crippen LogP contribution in [0.3, 0.4) is 0 Å². The van der Waals surface area contributed by atoms with Crippen molar-refractivity contribution in [3.8, 4) is 5.75 Å². The fraction of sp³-hybridized carbons (Fsp3) is 0.174. The lowest BCUT2D eigenvalue weighted by Crippen LogP contribution is -2.34. The Bertz CT molecular complexity index is 898. The van der Waals surface area contributed by atoms with Gasteiger partial charge in [-0.2, -0.15) is 0 Å². The summed E-state index contributed by atoms with van der Waals surface area (Å²) in [6.45, 7) is 0.541. The number of nitrogens with one attached hydrogen (secondary N) is 2. The van der Waals surface area contributed by atoms with Crippen molar-refractivity contribution < 1.29 is 13.9 Å². The minimum atomic E-state index is -0.517. The van der Waals surface area contributed by atoms with Crippen molar-refractivity contribution in [1.29, 1.82) is 0 Å². The van der Waals surface area contributed by atoms with E-state index in [1.807, 2.05) is 36.4 Å². The first-order valence-corrected chi connectivity index (χ1v) is 9.13. The SMILES string of the molecule is COc1ccc(NC(=O)C(NCCc2cccc(F)c2)c2ccccc2)cc1. The van der Waals surface area contributed by atoms with E-state index < -0.39 is 6.04 Å². The Balaban J connectivity index is 1.68. The van der Waals surface area contributed by atoms with Gasteiger partial charge in [-0.15, -0.1) is 0 Å². The van der Waals surface area contributed by atoms with Crippen LogP contribution < -0.4 is 15.4 Å². The van der Waals surface area contributed by atoms with Gasteiger partial charge in [-0.1, -0.05) is 42.5 Å². The summed E-state index contributed by atoms with van der Waals surface area (Å²) in [5.41, 5.74) is 2.45. The van der Waals surface area contributed by atoms with Crippen molar-refractivity contribution >= 4 is 11.6 Å². The standard InChI is InChI=1S/C23H23FN2O2/c1-28-21-12-10-20(11-13-21)26-23(27)22(18-7-3-2-4-8-18)25-15-14-17-6-5-9-19(24)16-17/h2-13,16,22,25H,14-15H2,1H3,(H,26,27). The number of amides is 1. The van der Waals surface area contributed by atoms with Gasteiger partial charge in [-0.05, 0) is 53.9 Å². The van der Waals surface area contributed by atoms with Gasteiger partial charge < -0.3 is 15.4 Å². The second-order valence-corrected chi connectivity index (χ2v) is 6.40. The second-order valence-electron chi connectivity index (χ2n) is 6.40. The van der Waals surface area contributed by atoms with Crippen LogP contribution in [0, 0.1) is 5.82 Å². The van der Waals surface area contributed by atoms with Crippen LogP contribution in [0.4, 0.5) is 10.1 Å². The van der Waals surface area contributed by atoms with E-state index >= 15 is 0 Å². The molecule has 3 aromatic carbocycles. The van der Waals surface area contributed by atoms with Crippen molar-refractivity contribution in [2.75, 3.05) is 19.0 Å². The van der Waals surface area contributed by atoms with Crippen molar-refractivity contribution in [1.82, 2.24) is 5.32 Å². The van der Waals surface area contributed by atoms with Gasteiger partial charge in [0.05, 0.1) is 7.11 Å². The van der Waals surface area contributed by atoms with Gasteiger partial charge in [0.2, 0.25) is 5.91 Å². The summed E-state index contributed by atoms with van der Waals surface area (Å²) >= 11 is 0. The predicted molar refractivity (Wildman–Crippen MR) is 109 cm³/mol. The molecular weight excluding hydrogens is 355 g/mol. The molecule has 3 rings (SSSR count). The summed E-state index contributed by atoms with van der Waals surface area (Å²) in [5.74, 6) is 0.316. The smallest absolute Gasteiger partial charge is 0.246 e. The van der Waals surface area contributed by atoms with Crippen LogP contribution in [0.2, 0.25) is 0 Å². The molecule has 0 spiro atoms. The van der Waals surface area contributed by atoms with Crippen LogP contribution in [-0.4, -0.2) is 19.6 Å². The summed E-state index contributed by atoms with van der Waals surface area (Å²) < 4.78 is 18.5. The Morgan fingerprint density at radius 3 is 2.43 bits per heavy atom. The molecule has 3 aromatic rings. The van der Waals surface area contributed by atoms with Crippen LogP contribution in [0.1, 0.15) is 17.2 Å². The fourth-order valence-electron chi connectivity index (χ4n) is 2.95. The number of hydrogen-bond acceptors (Lipinski definition) is 3. The van der Waals surface area contributed by atoms with Gasteiger partial charge >= 0.3 is 0 Å². The van der Waals surface area contributed by atoms with E-state index in [1.54, 1.807) is 37.4 Å². The Morgan fingerprint density at radius 1 is 1.00 bits per heavy atom. The number of hydrogen-bond donors (Lipinski definition) is 2. The number of halogens is 1. The van der Waals surface area contributed by atoms with E-state index in [9.17, 15) is 9.18 Å². The molecule has 1 unspecified atom stereocenters. The number of ether oxygens (including phenoxy) is 1. The third-order valence-corrected chi connectivity index (χ3v) is 4.40. The van der Waals surface area contributed by atoms with Gasteiger partial charge in [-0.25, -0.2) is 4.39 Å². The summed E-state index contributed by atoms with van der Waals surface area (Å²) in [6, 6.07) is 22.7. The Kier molecular flexibility index (Phi) is 6.76. The molecule has 1 amide bonds. The van der Waals surface area contributed by atoms with Crippen molar-refractivity contribution in [3.63, 3.8) is 0 Å². The summed E-state index contributed by atoms with van der Waals surface area (Å²) in [7, 11) is 1.60. The van der Waals surface area contributed by atoms with Crippen molar-refractivity contribution in [2.24, 2.45) is 0 Å². The Labute approximate surface area is 164 Å². The third-order valence-electron chi connectivity index (χ3n) is 4.40. The second kappa shape index (κ2) is 9.67. The molecule has 28 heavy (non-hydrogen) atoms. The highest BCUT2D eigenvalue weighted by atomic mass is 19.1. The first-order valence-electron chi connectivity index (χ1n) is 9.13. The van der Waals surface area contributed by atoms with E-state index in [2.05, 4.69) is 10.6 Å². The molecule has 2 N–H and O–H groups in total. The van der Waals surface area contributed by atoms with Crippen LogP contribution in [0.15, 0.2) is 78.9 Å². The van der Waals surface area contributed by atoms with Gasteiger partial charge in [0.1, 0.15) is 17.6 Å². The molecule has 144 valence electrons. The molecular formula is C23H23FN2O2. The Morgan fingerprint density at radius 2 is 1.75 bits per heavy atom. The van der Waals surface area contributed by atoms with Crippen molar-refractivity contribution in [2.45, 2.75) is 12.5 Å². The van der Waals surface area contributed by atoms with E-state index in [4.69, 9.17) is 4.74 Å². The monoisotopic (exact) mass is 378 g/mol. The average molecular weight is 378 g/mol. The van der Waals surface area contributed by atoms with E-state index in [0.717, 1.165) is 16.9 Å². The van der Waals surface area contributed by atoms with E-state index in [0.29, 0.717) is 18.7 Å². The molecule has 0 aromatic heterocycles. The number of methoxy groups -OCH3 is 1. The number of benzene rings is 3. The highest BCUT2D eigenvalue weighted by Crippen LogP contribution is 2.19. The largest absolute Gasteiger partial charge is 0.497 e. The summed E-state index contributed by atoms with van der Waals surface area (Å²) in [4.78, 5) is 12.9. The van der Waals surface area contributed by atoms with Crippen LogP contribution >= 0.6 is 0 Å². The highest BCUT2D eigenvalue weighted by Gasteiger charge is 2.20. The lowest BCUT2D eigenvalue weighted by atomic mass is 10.1. The highest BCUT2D eigenvalue weighted by molar-refractivity contribution is 5.95. The molecule has 5 heteroatoms. The van der Waals surface area contributed by atoms with Gasteiger partial charge in [0, 0.05) is 12.2 Å². The predicted octanol–water partition coefficient (Wildman–Crippen LogP) is 4.35. The maximum atomic E-state index is 13.3. The minimum absolute atomic E-state index is 0.157. The Hall–Kier alpha value is -3.18. The molecule has 0 saturated heterocycles. The number of rotatable bonds is 8. The van der Waals surface area contributed by atoms with Crippen LogP contribution in [0.25, 0.3) is 0 Å². The normalized spacial score (nSPS) is 11.6. The van der Waals surface area contributed by atoms with Crippen LogP contribution in [0.5, 0.6) is 5.75 Å². The van der Waals surface area contributed by atoms with Gasteiger partial charge in [0.25, 0.3) is 0 Å². The molecule has 0 aliphatic rings. The van der Waals surface area contributed by atoms with Crippen LogP contribution in [-0.2, 0) is 11.2 Å². The minimum Gasteiger partial charge on any atom is -0.497 e. The summed E-state index contributed by atoms with van der Waals surface area (Å²) in [6.07, 6.45) is 0.622. The first kappa shape index (κ1) is 19.6. The number of carbonyl (C=O) groups excluding carboxylic acids is 1. The molecule has 4 nitrogen and oxygen atoms in total. The third kappa shape index (κ3) is 5.41. The van der Waals surface area contributed by atoms with Gasteiger partial charge in [-0.3, -0.25) is 4.79 Å².